The molecular weight excluding hydrogens is 693 g/mol. The third-order valence-electron chi connectivity index (χ3n) is 8.86. The molecule has 0 atom stereocenters. The number of allylic oxidation sites excluding steroid dienone is 4. The first-order chi connectivity index (χ1) is 27.5. The van der Waals surface area contributed by atoms with Crippen LogP contribution in [0, 0.1) is 22.7 Å². The van der Waals surface area contributed by atoms with E-state index in [1.807, 2.05) is 121 Å². The number of rotatable bonds is 17. The number of hydrogen-bond acceptors (Lipinski definition) is 6. The van der Waals surface area contributed by atoms with E-state index in [9.17, 15) is 10.5 Å². The largest absolute Gasteiger partial charge is 0.456 e. The predicted molar refractivity (Wildman–Crippen MR) is 223 cm³/mol. The van der Waals surface area contributed by atoms with Crippen molar-refractivity contribution in [1.82, 2.24) is 0 Å². The molecular formula is C50H40N2O4. The molecule has 0 amide bonds. The zero-order valence-electron chi connectivity index (χ0n) is 31.0. The lowest BCUT2D eigenvalue weighted by Crippen LogP contribution is -2.00. The summed E-state index contributed by atoms with van der Waals surface area (Å²) in [7, 11) is 0. The quantitative estimate of drug-likeness (QED) is 0.0868. The Kier molecular flexibility index (Phi) is 12.6. The minimum absolute atomic E-state index is 0.158. The van der Waals surface area contributed by atoms with E-state index in [4.69, 9.17) is 18.9 Å². The van der Waals surface area contributed by atoms with Crippen LogP contribution in [0.1, 0.15) is 33.4 Å². The second-order valence-electron chi connectivity index (χ2n) is 12.8. The van der Waals surface area contributed by atoms with Crippen LogP contribution in [-0.2, 0) is 25.7 Å². The van der Waals surface area contributed by atoms with Gasteiger partial charge in [0, 0.05) is 11.1 Å². The van der Waals surface area contributed by atoms with Gasteiger partial charge in [-0.05, 0) is 121 Å². The highest BCUT2D eigenvalue weighted by Crippen LogP contribution is 2.48. The summed E-state index contributed by atoms with van der Waals surface area (Å²) < 4.78 is 25.8. The van der Waals surface area contributed by atoms with E-state index in [-0.39, 0.29) is 22.6 Å². The Morgan fingerprint density at radius 2 is 0.643 bits per heavy atom. The SMILES string of the molecule is C=CCc1ccc(Oc2ccc(-c3ccc(Oc4ccc(CC=C)cc4)c(C#N)c3Oc3ccc(CC=C)cc3)c(Oc3ccc(CC=C)cc3)c2C#N)cc1. The number of ether oxygens (including phenoxy) is 4. The second-order valence-corrected chi connectivity index (χ2v) is 12.8. The average Bonchev–Trinajstić information content (AvgIpc) is 3.22. The molecule has 6 aromatic carbocycles. The van der Waals surface area contributed by atoms with Crippen molar-refractivity contribution in [2.24, 2.45) is 0 Å². The van der Waals surface area contributed by atoms with Gasteiger partial charge in [-0.2, -0.15) is 10.5 Å². The predicted octanol–water partition coefficient (Wildman–Crippen LogP) is 13.2. The van der Waals surface area contributed by atoms with E-state index < -0.39 is 0 Å². The summed E-state index contributed by atoms with van der Waals surface area (Å²) >= 11 is 0. The molecule has 0 heterocycles. The van der Waals surface area contributed by atoms with Crippen LogP contribution in [0.25, 0.3) is 11.1 Å². The zero-order chi connectivity index (χ0) is 39.3. The van der Waals surface area contributed by atoms with Crippen molar-refractivity contribution in [3.8, 4) is 69.3 Å². The number of nitrogens with zero attached hydrogens (tertiary/aromatic N) is 2. The normalized spacial score (nSPS) is 10.3. The van der Waals surface area contributed by atoms with Gasteiger partial charge >= 0.3 is 0 Å². The van der Waals surface area contributed by atoms with Crippen LogP contribution in [0.4, 0.5) is 0 Å². The Morgan fingerprint density at radius 3 is 0.893 bits per heavy atom. The Bertz CT molecular complexity index is 2260. The second kappa shape index (κ2) is 18.5. The molecule has 6 aromatic rings. The fraction of sp³-hybridized carbons (Fsp3) is 0.0800. The highest BCUT2D eigenvalue weighted by molar-refractivity contribution is 5.84. The first-order valence-electron chi connectivity index (χ1n) is 18.1. The molecule has 0 saturated carbocycles. The molecule has 0 bridgehead atoms. The molecule has 0 saturated heterocycles. The van der Waals surface area contributed by atoms with E-state index >= 15 is 0 Å². The fourth-order valence-electron chi connectivity index (χ4n) is 6.08. The maximum absolute atomic E-state index is 10.7. The van der Waals surface area contributed by atoms with Gasteiger partial charge in [-0.15, -0.1) is 26.3 Å². The minimum atomic E-state index is 0.158. The highest BCUT2D eigenvalue weighted by atomic mass is 16.5. The van der Waals surface area contributed by atoms with Crippen molar-refractivity contribution in [3.63, 3.8) is 0 Å². The number of hydrogen-bond donors (Lipinski definition) is 0. The van der Waals surface area contributed by atoms with Crippen molar-refractivity contribution in [1.29, 1.82) is 10.5 Å². The summed E-state index contributed by atoms with van der Waals surface area (Å²) in [5.74, 6) is 3.16. The van der Waals surface area contributed by atoms with E-state index in [2.05, 4.69) is 38.5 Å². The van der Waals surface area contributed by atoms with Crippen molar-refractivity contribution in [3.05, 3.63) is 205 Å². The van der Waals surface area contributed by atoms with Crippen LogP contribution in [0.5, 0.6) is 46.0 Å². The van der Waals surface area contributed by atoms with Crippen LogP contribution in [0.2, 0.25) is 0 Å². The molecule has 0 aromatic heterocycles. The zero-order valence-corrected chi connectivity index (χ0v) is 31.0. The third kappa shape index (κ3) is 9.15. The molecule has 6 nitrogen and oxygen atoms in total. The summed E-state index contributed by atoms with van der Waals surface area (Å²) in [5.41, 5.74) is 5.60. The summed E-state index contributed by atoms with van der Waals surface area (Å²) in [6.07, 6.45) is 10.2. The van der Waals surface area contributed by atoms with E-state index in [0.29, 0.717) is 58.5 Å². The Morgan fingerprint density at radius 1 is 0.375 bits per heavy atom. The van der Waals surface area contributed by atoms with Crippen LogP contribution in [0.3, 0.4) is 0 Å². The molecule has 0 N–H and O–H groups in total. The fourth-order valence-corrected chi connectivity index (χ4v) is 6.08. The van der Waals surface area contributed by atoms with Crippen molar-refractivity contribution in [2.45, 2.75) is 25.7 Å². The van der Waals surface area contributed by atoms with Gasteiger partial charge < -0.3 is 18.9 Å². The molecule has 0 aliphatic carbocycles. The maximum Gasteiger partial charge on any atom is 0.156 e. The molecule has 56 heavy (non-hydrogen) atoms. The van der Waals surface area contributed by atoms with Gasteiger partial charge in [0.25, 0.3) is 0 Å². The third-order valence-corrected chi connectivity index (χ3v) is 8.86. The van der Waals surface area contributed by atoms with Crippen molar-refractivity contribution in [2.75, 3.05) is 0 Å². The molecule has 0 unspecified atom stereocenters. The monoisotopic (exact) mass is 732 g/mol. The van der Waals surface area contributed by atoms with Crippen molar-refractivity contribution >= 4 is 0 Å². The number of nitriles is 2. The van der Waals surface area contributed by atoms with Crippen LogP contribution >= 0.6 is 0 Å². The van der Waals surface area contributed by atoms with Crippen LogP contribution in [0.15, 0.2) is 172 Å². The molecule has 274 valence electrons. The average molecular weight is 733 g/mol. The Balaban J connectivity index is 1.51. The van der Waals surface area contributed by atoms with Gasteiger partial charge in [0.05, 0.1) is 0 Å². The Labute approximate surface area is 328 Å². The minimum Gasteiger partial charge on any atom is -0.456 e. The molecule has 0 aliphatic heterocycles. The van der Waals surface area contributed by atoms with Gasteiger partial charge in [0.1, 0.15) is 57.8 Å². The van der Waals surface area contributed by atoms with Gasteiger partial charge in [-0.1, -0.05) is 72.8 Å². The molecule has 0 fully saturated rings. The molecule has 6 heteroatoms. The summed E-state index contributed by atoms with van der Waals surface area (Å²) in [5, 5.41) is 21.5. The summed E-state index contributed by atoms with van der Waals surface area (Å²) in [4.78, 5) is 0. The summed E-state index contributed by atoms with van der Waals surface area (Å²) in [6, 6.07) is 42.1. The molecule has 0 spiro atoms. The maximum atomic E-state index is 10.7. The highest BCUT2D eigenvalue weighted by Gasteiger charge is 2.25. The standard InChI is InChI=1S/C50H40N2O4/c1-5-9-35-13-21-39(22-14-35)53-47-31-29-43(49(45(47)33-51)55-41-25-17-37(11-7-3)18-26-41)44-30-32-48(54-40-23-15-36(10-6-2)16-24-40)46(34-52)50(44)56-42-27-19-38(12-8-4)20-28-42/h5-8,13-32H,1-4,9-12H2. The first kappa shape index (κ1) is 38.2. The van der Waals surface area contributed by atoms with Gasteiger partial charge in [0.15, 0.2) is 11.5 Å². The van der Waals surface area contributed by atoms with Crippen molar-refractivity contribution < 1.29 is 18.9 Å². The summed E-state index contributed by atoms with van der Waals surface area (Å²) in [6.45, 7) is 15.3. The molecule has 0 radical (unpaired) electrons. The van der Waals surface area contributed by atoms with E-state index in [1.54, 1.807) is 24.3 Å². The van der Waals surface area contributed by atoms with Crippen LogP contribution < -0.4 is 18.9 Å². The van der Waals surface area contributed by atoms with Gasteiger partial charge in [0.2, 0.25) is 0 Å². The topological polar surface area (TPSA) is 84.5 Å². The Hall–Kier alpha value is -7.54. The molecule has 0 aliphatic rings. The van der Waals surface area contributed by atoms with E-state index in [1.165, 1.54) is 0 Å². The smallest absolute Gasteiger partial charge is 0.156 e. The number of benzene rings is 6. The van der Waals surface area contributed by atoms with E-state index in [0.717, 1.165) is 35.1 Å². The van der Waals surface area contributed by atoms with Gasteiger partial charge in [-0.25, -0.2) is 0 Å². The van der Waals surface area contributed by atoms with Crippen LogP contribution in [-0.4, -0.2) is 0 Å². The molecule has 6 rings (SSSR count). The van der Waals surface area contributed by atoms with Gasteiger partial charge in [-0.3, -0.25) is 0 Å². The lowest BCUT2D eigenvalue weighted by atomic mass is 9.97. The lowest BCUT2D eigenvalue weighted by Gasteiger charge is -2.20. The lowest BCUT2D eigenvalue weighted by molar-refractivity contribution is 0.453. The first-order valence-corrected chi connectivity index (χ1v) is 18.1.